The zero-order valence-electron chi connectivity index (χ0n) is 9.27. The molecule has 2 rings (SSSR count). The molecule has 5 nitrogen and oxygen atoms in total. The zero-order chi connectivity index (χ0) is 11.5. The molecule has 5 heteroatoms. The Balaban J connectivity index is 2.15. The lowest BCUT2D eigenvalue weighted by Gasteiger charge is -2.12. The highest BCUT2D eigenvalue weighted by molar-refractivity contribution is 5.45. The van der Waals surface area contributed by atoms with E-state index in [1.54, 1.807) is 19.3 Å². The average molecular weight is 218 g/mol. The van der Waals surface area contributed by atoms with E-state index in [9.17, 15) is 0 Å². The molecule has 0 bridgehead atoms. The maximum Gasteiger partial charge on any atom is 0.132 e. The van der Waals surface area contributed by atoms with Crippen LogP contribution in [0.1, 0.15) is 24.6 Å². The van der Waals surface area contributed by atoms with Gasteiger partial charge in [-0.1, -0.05) is 0 Å². The van der Waals surface area contributed by atoms with Crippen LogP contribution in [0.25, 0.3) is 0 Å². The van der Waals surface area contributed by atoms with Gasteiger partial charge in [0, 0.05) is 6.07 Å². The van der Waals surface area contributed by atoms with Crippen molar-refractivity contribution in [1.82, 2.24) is 9.97 Å². The molecule has 0 spiro atoms. The molecule has 0 aliphatic carbocycles. The largest absolute Gasteiger partial charge is 0.467 e. The van der Waals surface area contributed by atoms with Crippen LogP contribution in [0.3, 0.4) is 0 Å². The van der Waals surface area contributed by atoms with Gasteiger partial charge in [-0.05, 0) is 26.0 Å². The van der Waals surface area contributed by atoms with E-state index < -0.39 is 0 Å². The van der Waals surface area contributed by atoms with Crippen LogP contribution < -0.4 is 11.1 Å². The number of nitrogens with one attached hydrogen (secondary N) is 1. The first-order valence-corrected chi connectivity index (χ1v) is 5.06. The molecule has 0 saturated carbocycles. The van der Waals surface area contributed by atoms with Gasteiger partial charge in [-0.25, -0.2) is 9.97 Å². The minimum Gasteiger partial charge on any atom is -0.467 e. The number of nitrogen functional groups attached to an aromatic ring is 1. The van der Waals surface area contributed by atoms with Crippen molar-refractivity contribution in [2.24, 2.45) is 0 Å². The topological polar surface area (TPSA) is 77.0 Å². The van der Waals surface area contributed by atoms with Gasteiger partial charge >= 0.3 is 0 Å². The minimum atomic E-state index is 0.0451. The van der Waals surface area contributed by atoms with Crippen molar-refractivity contribution in [3.05, 3.63) is 36.0 Å². The van der Waals surface area contributed by atoms with E-state index >= 15 is 0 Å². The number of aromatic nitrogens is 2. The third-order valence-corrected chi connectivity index (χ3v) is 2.19. The Bertz CT molecular complexity index is 447. The highest BCUT2D eigenvalue weighted by Gasteiger charge is 2.09. The van der Waals surface area contributed by atoms with E-state index in [0.29, 0.717) is 17.5 Å². The van der Waals surface area contributed by atoms with Crippen LogP contribution in [0.4, 0.5) is 11.6 Å². The number of hydrogen-bond donors (Lipinski definition) is 2. The lowest BCUT2D eigenvalue weighted by Crippen LogP contribution is -2.08. The molecule has 0 fully saturated rings. The fourth-order valence-corrected chi connectivity index (χ4v) is 1.50. The van der Waals surface area contributed by atoms with Crippen molar-refractivity contribution in [2.45, 2.75) is 19.9 Å². The highest BCUT2D eigenvalue weighted by Crippen LogP contribution is 2.18. The van der Waals surface area contributed by atoms with Crippen molar-refractivity contribution in [1.29, 1.82) is 0 Å². The quantitative estimate of drug-likeness (QED) is 0.825. The predicted octanol–water partition coefficient (Wildman–Crippen LogP) is 2.13. The average Bonchev–Trinajstić information content (AvgIpc) is 2.68. The van der Waals surface area contributed by atoms with Gasteiger partial charge in [0.2, 0.25) is 0 Å². The van der Waals surface area contributed by atoms with Gasteiger partial charge in [-0.2, -0.15) is 0 Å². The lowest BCUT2D eigenvalue weighted by atomic mass is 10.2. The highest BCUT2D eigenvalue weighted by atomic mass is 16.3. The third-order valence-electron chi connectivity index (χ3n) is 2.19. The van der Waals surface area contributed by atoms with Crippen LogP contribution in [-0.4, -0.2) is 9.97 Å². The SMILES string of the molecule is Cc1nc(N)cc(NC(C)c2ccco2)n1. The fraction of sp³-hybridized carbons (Fsp3) is 0.273. The Labute approximate surface area is 93.7 Å². The second-order valence-corrected chi connectivity index (χ2v) is 3.61. The molecule has 2 heterocycles. The van der Waals surface area contributed by atoms with Crippen LogP contribution in [0.15, 0.2) is 28.9 Å². The van der Waals surface area contributed by atoms with E-state index in [0.717, 1.165) is 5.76 Å². The molecule has 0 aromatic carbocycles. The van der Waals surface area contributed by atoms with Gasteiger partial charge in [0.15, 0.2) is 0 Å². The maximum absolute atomic E-state index is 5.64. The van der Waals surface area contributed by atoms with Crippen LogP contribution in [0.5, 0.6) is 0 Å². The monoisotopic (exact) mass is 218 g/mol. The Hall–Kier alpha value is -2.04. The lowest BCUT2D eigenvalue weighted by molar-refractivity contribution is 0.490. The van der Waals surface area contributed by atoms with E-state index in [1.165, 1.54) is 0 Å². The molecular weight excluding hydrogens is 204 g/mol. The van der Waals surface area contributed by atoms with Crippen LogP contribution in [-0.2, 0) is 0 Å². The molecular formula is C11H14N4O. The first-order valence-electron chi connectivity index (χ1n) is 5.06. The summed E-state index contributed by atoms with van der Waals surface area (Å²) >= 11 is 0. The summed E-state index contributed by atoms with van der Waals surface area (Å²) < 4.78 is 5.29. The van der Waals surface area contributed by atoms with Crippen molar-refractivity contribution >= 4 is 11.6 Å². The Morgan fingerprint density at radius 1 is 1.44 bits per heavy atom. The first-order chi connectivity index (χ1) is 7.65. The number of nitrogens with zero attached hydrogens (tertiary/aromatic N) is 2. The van der Waals surface area contributed by atoms with Crippen molar-refractivity contribution in [3.8, 4) is 0 Å². The van der Waals surface area contributed by atoms with Gasteiger partial charge in [0.25, 0.3) is 0 Å². The van der Waals surface area contributed by atoms with E-state index in [1.807, 2.05) is 19.1 Å². The van der Waals surface area contributed by atoms with Gasteiger partial charge in [0.05, 0.1) is 12.3 Å². The molecule has 1 unspecified atom stereocenters. The van der Waals surface area contributed by atoms with Crippen LogP contribution >= 0.6 is 0 Å². The zero-order valence-corrected chi connectivity index (χ0v) is 9.27. The summed E-state index contributed by atoms with van der Waals surface area (Å²) in [6, 6.07) is 5.51. The van der Waals surface area contributed by atoms with Gasteiger partial charge in [0.1, 0.15) is 23.2 Å². The molecule has 0 amide bonds. The van der Waals surface area contributed by atoms with Gasteiger partial charge in [-0.3, -0.25) is 0 Å². The van der Waals surface area contributed by atoms with Gasteiger partial charge in [-0.15, -0.1) is 0 Å². The summed E-state index contributed by atoms with van der Waals surface area (Å²) in [6.07, 6.45) is 1.65. The summed E-state index contributed by atoms with van der Waals surface area (Å²) in [5, 5.41) is 3.20. The number of anilines is 2. The summed E-state index contributed by atoms with van der Waals surface area (Å²) in [5.74, 6) is 2.67. The standard InChI is InChI=1S/C11H14N4O/c1-7(9-4-3-5-16-9)13-11-6-10(12)14-8(2)15-11/h3-7H,1-2H3,(H3,12,13,14,15). The summed E-state index contributed by atoms with van der Waals surface area (Å²) in [5.41, 5.74) is 5.64. The summed E-state index contributed by atoms with van der Waals surface area (Å²) in [7, 11) is 0. The molecule has 84 valence electrons. The molecule has 2 aromatic heterocycles. The van der Waals surface area contributed by atoms with Gasteiger partial charge < -0.3 is 15.5 Å². The van der Waals surface area contributed by atoms with Crippen molar-refractivity contribution < 1.29 is 4.42 Å². The molecule has 16 heavy (non-hydrogen) atoms. The Morgan fingerprint density at radius 2 is 2.25 bits per heavy atom. The number of hydrogen-bond acceptors (Lipinski definition) is 5. The predicted molar refractivity (Wildman–Crippen MR) is 61.9 cm³/mol. The summed E-state index contributed by atoms with van der Waals surface area (Å²) in [4.78, 5) is 8.25. The van der Waals surface area contributed by atoms with Crippen LogP contribution in [0.2, 0.25) is 0 Å². The summed E-state index contributed by atoms with van der Waals surface area (Å²) in [6.45, 7) is 3.80. The van der Waals surface area contributed by atoms with E-state index in [2.05, 4.69) is 15.3 Å². The molecule has 2 aromatic rings. The normalized spacial score (nSPS) is 12.4. The molecule has 0 aliphatic rings. The third kappa shape index (κ3) is 2.31. The van der Waals surface area contributed by atoms with E-state index in [4.69, 9.17) is 10.2 Å². The molecule has 0 saturated heterocycles. The molecule has 3 N–H and O–H groups in total. The first kappa shape index (κ1) is 10.5. The minimum absolute atomic E-state index is 0.0451. The number of nitrogens with two attached hydrogens (primary N) is 1. The van der Waals surface area contributed by atoms with Crippen molar-refractivity contribution in [2.75, 3.05) is 11.1 Å². The second-order valence-electron chi connectivity index (χ2n) is 3.61. The molecule has 0 radical (unpaired) electrons. The van der Waals surface area contributed by atoms with Crippen LogP contribution in [0, 0.1) is 6.92 Å². The molecule has 1 atom stereocenters. The smallest absolute Gasteiger partial charge is 0.132 e. The second kappa shape index (κ2) is 4.22. The van der Waals surface area contributed by atoms with E-state index in [-0.39, 0.29) is 6.04 Å². The Kier molecular flexibility index (Phi) is 2.76. The Morgan fingerprint density at radius 3 is 2.88 bits per heavy atom. The fourth-order valence-electron chi connectivity index (χ4n) is 1.50. The number of rotatable bonds is 3. The maximum atomic E-state index is 5.64. The number of furan rings is 1. The molecule has 0 aliphatic heterocycles. The van der Waals surface area contributed by atoms with Crippen molar-refractivity contribution in [3.63, 3.8) is 0 Å². The number of aryl methyl sites for hydroxylation is 1.